The molecule has 1 aromatic carbocycles. The monoisotopic (exact) mass is 326 g/mol. The van der Waals surface area contributed by atoms with Gasteiger partial charge in [0.25, 0.3) is 5.91 Å². The fraction of sp³-hybridized carbons (Fsp3) is 0.421. The van der Waals surface area contributed by atoms with Gasteiger partial charge in [-0.3, -0.25) is 4.79 Å². The Hall–Kier alpha value is -2.11. The van der Waals surface area contributed by atoms with Crippen molar-refractivity contribution in [3.05, 3.63) is 59.5 Å². The predicted molar refractivity (Wildman–Crippen MR) is 89.7 cm³/mol. The Kier molecular flexibility index (Phi) is 4.12. The topological polar surface area (TPSA) is 65.7 Å². The molecule has 5 nitrogen and oxygen atoms in total. The minimum absolute atomic E-state index is 0.00215. The van der Waals surface area contributed by atoms with Crippen molar-refractivity contribution in [1.29, 1.82) is 0 Å². The second kappa shape index (κ2) is 6.42. The molecule has 0 bridgehead atoms. The van der Waals surface area contributed by atoms with Gasteiger partial charge in [-0.25, -0.2) is 0 Å². The highest BCUT2D eigenvalue weighted by Crippen LogP contribution is 2.32. The van der Waals surface area contributed by atoms with E-state index in [1.165, 1.54) is 23.7 Å². The van der Waals surface area contributed by atoms with Gasteiger partial charge in [-0.1, -0.05) is 24.3 Å². The summed E-state index contributed by atoms with van der Waals surface area (Å²) in [5.41, 5.74) is 3.05. The Bertz CT molecular complexity index is 705. The SMILES string of the molecule is O=C(c1ccoc1)N1CCC(N[C@@H]2c3ccccc3C[C@@H]2O)CC1. The second-order valence-electron chi connectivity index (χ2n) is 6.69. The maximum atomic E-state index is 12.3. The molecule has 1 saturated heterocycles. The van der Waals surface area contributed by atoms with Crippen molar-refractivity contribution in [3.63, 3.8) is 0 Å². The molecule has 1 amide bonds. The summed E-state index contributed by atoms with van der Waals surface area (Å²) < 4.78 is 4.99. The van der Waals surface area contributed by atoms with Gasteiger partial charge in [0.1, 0.15) is 6.26 Å². The first-order valence-electron chi connectivity index (χ1n) is 8.56. The lowest BCUT2D eigenvalue weighted by Crippen LogP contribution is -2.47. The predicted octanol–water partition coefficient (Wildman–Crippen LogP) is 2.13. The van der Waals surface area contributed by atoms with Crippen LogP contribution in [0.4, 0.5) is 0 Å². The zero-order chi connectivity index (χ0) is 16.5. The lowest BCUT2D eigenvalue weighted by atomic mass is 10.0. The van der Waals surface area contributed by atoms with Crippen LogP contribution in [0.3, 0.4) is 0 Å². The molecule has 1 fully saturated rings. The molecule has 0 spiro atoms. The van der Waals surface area contributed by atoms with Crippen LogP contribution in [-0.2, 0) is 6.42 Å². The van der Waals surface area contributed by atoms with Crippen LogP contribution in [0, 0.1) is 0 Å². The van der Waals surface area contributed by atoms with E-state index in [0.717, 1.165) is 25.9 Å². The first-order valence-corrected chi connectivity index (χ1v) is 8.56. The van der Waals surface area contributed by atoms with Gasteiger partial charge in [0.15, 0.2) is 0 Å². The average Bonchev–Trinajstić information content (AvgIpc) is 3.24. The molecule has 5 heteroatoms. The largest absolute Gasteiger partial charge is 0.472 e. The van der Waals surface area contributed by atoms with E-state index in [-0.39, 0.29) is 18.1 Å². The Morgan fingerprint density at radius 1 is 1.21 bits per heavy atom. The number of likely N-dealkylation sites (tertiary alicyclic amines) is 1. The molecule has 2 atom stereocenters. The summed E-state index contributed by atoms with van der Waals surface area (Å²) in [6.45, 7) is 1.46. The summed E-state index contributed by atoms with van der Waals surface area (Å²) >= 11 is 0. The van der Waals surface area contributed by atoms with Crippen molar-refractivity contribution >= 4 is 5.91 Å². The van der Waals surface area contributed by atoms with Crippen molar-refractivity contribution in [1.82, 2.24) is 10.2 Å². The van der Waals surface area contributed by atoms with E-state index in [9.17, 15) is 9.90 Å². The molecule has 0 radical (unpaired) electrons. The van der Waals surface area contributed by atoms with Crippen molar-refractivity contribution in [2.24, 2.45) is 0 Å². The molecule has 2 aliphatic rings. The lowest BCUT2D eigenvalue weighted by molar-refractivity contribution is 0.0682. The molecule has 0 unspecified atom stereocenters. The number of hydrogen-bond acceptors (Lipinski definition) is 4. The van der Waals surface area contributed by atoms with E-state index in [0.29, 0.717) is 18.0 Å². The van der Waals surface area contributed by atoms with Crippen molar-refractivity contribution in [2.45, 2.75) is 37.5 Å². The lowest BCUT2D eigenvalue weighted by Gasteiger charge is -2.34. The van der Waals surface area contributed by atoms with E-state index >= 15 is 0 Å². The molecule has 2 heterocycles. The van der Waals surface area contributed by atoms with Gasteiger partial charge in [0, 0.05) is 25.6 Å². The van der Waals surface area contributed by atoms with E-state index < -0.39 is 0 Å². The molecule has 24 heavy (non-hydrogen) atoms. The molecule has 0 saturated carbocycles. The number of amides is 1. The zero-order valence-electron chi connectivity index (χ0n) is 13.5. The van der Waals surface area contributed by atoms with E-state index in [1.54, 1.807) is 6.07 Å². The van der Waals surface area contributed by atoms with Crippen molar-refractivity contribution in [2.75, 3.05) is 13.1 Å². The highest BCUT2D eigenvalue weighted by Gasteiger charge is 2.33. The number of fused-ring (bicyclic) bond motifs is 1. The standard InChI is InChI=1S/C19H22N2O3/c22-17-11-13-3-1-2-4-16(13)18(17)20-15-5-8-21(9-6-15)19(23)14-7-10-24-12-14/h1-4,7,10,12,15,17-18,20,22H,5-6,8-9,11H2/t17-,18+/m0/s1. The molecule has 2 aromatic rings. The van der Waals surface area contributed by atoms with Gasteiger partial charge in [0.05, 0.1) is 24.0 Å². The minimum Gasteiger partial charge on any atom is -0.472 e. The van der Waals surface area contributed by atoms with Crippen LogP contribution in [0.1, 0.15) is 40.4 Å². The summed E-state index contributed by atoms with van der Waals surface area (Å²) in [5, 5.41) is 14.0. The summed E-state index contributed by atoms with van der Waals surface area (Å²) in [7, 11) is 0. The Balaban J connectivity index is 1.36. The first kappa shape index (κ1) is 15.4. The van der Waals surface area contributed by atoms with Crippen molar-refractivity contribution < 1.29 is 14.3 Å². The quantitative estimate of drug-likeness (QED) is 0.907. The smallest absolute Gasteiger partial charge is 0.257 e. The number of hydrogen-bond donors (Lipinski definition) is 2. The molecule has 1 aliphatic carbocycles. The zero-order valence-corrected chi connectivity index (χ0v) is 13.5. The van der Waals surface area contributed by atoms with Gasteiger partial charge in [-0.15, -0.1) is 0 Å². The number of nitrogens with one attached hydrogen (secondary N) is 1. The van der Waals surface area contributed by atoms with E-state index in [4.69, 9.17) is 4.42 Å². The highest BCUT2D eigenvalue weighted by atomic mass is 16.3. The highest BCUT2D eigenvalue weighted by molar-refractivity contribution is 5.93. The van der Waals surface area contributed by atoms with Gasteiger partial charge < -0.3 is 19.7 Å². The third-order valence-electron chi connectivity index (χ3n) is 5.17. The maximum Gasteiger partial charge on any atom is 0.257 e. The number of furan rings is 1. The number of aliphatic hydroxyl groups excluding tert-OH is 1. The first-order chi connectivity index (χ1) is 11.7. The van der Waals surface area contributed by atoms with Gasteiger partial charge in [-0.05, 0) is 30.0 Å². The summed E-state index contributed by atoms with van der Waals surface area (Å²) in [6, 6.07) is 10.3. The van der Waals surface area contributed by atoms with Crippen molar-refractivity contribution in [3.8, 4) is 0 Å². The molecule has 126 valence electrons. The van der Waals surface area contributed by atoms with E-state index in [2.05, 4.69) is 17.4 Å². The molecular weight excluding hydrogens is 304 g/mol. The van der Waals surface area contributed by atoms with Crippen LogP contribution in [0.25, 0.3) is 0 Å². The third-order valence-corrected chi connectivity index (χ3v) is 5.17. The van der Waals surface area contributed by atoms with Gasteiger partial charge in [0.2, 0.25) is 0 Å². The Morgan fingerprint density at radius 3 is 2.75 bits per heavy atom. The van der Waals surface area contributed by atoms with Crippen LogP contribution >= 0.6 is 0 Å². The maximum absolute atomic E-state index is 12.3. The van der Waals surface area contributed by atoms with Crippen LogP contribution in [0.15, 0.2) is 47.3 Å². The van der Waals surface area contributed by atoms with Crippen LogP contribution in [0.2, 0.25) is 0 Å². The van der Waals surface area contributed by atoms with Gasteiger partial charge in [-0.2, -0.15) is 0 Å². The normalized spacial score (nSPS) is 24.1. The molecular formula is C19H22N2O3. The van der Waals surface area contributed by atoms with Crippen LogP contribution in [-0.4, -0.2) is 41.1 Å². The molecule has 4 rings (SSSR count). The molecule has 1 aliphatic heterocycles. The Labute approximate surface area is 141 Å². The Morgan fingerprint density at radius 2 is 2.00 bits per heavy atom. The van der Waals surface area contributed by atoms with Crippen LogP contribution < -0.4 is 5.32 Å². The fourth-order valence-electron chi connectivity index (χ4n) is 3.85. The minimum atomic E-state index is -0.368. The van der Waals surface area contributed by atoms with Gasteiger partial charge >= 0.3 is 0 Å². The summed E-state index contributed by atoms with van der Waals surface area (Å²) in [5.74, 6) is 0.0356. The summed E-state index contributed by atoms with van der Waals surface area (Å²) in [6.07, 6.45) is 5.17. The number of rotatable bonds is 3. The number of aliphatic hydroxyl groups is 1. The molecule has 1 aromatic heterocycles. The number of carbonyl (C=O) groups is 1. The number of nitrogens with zero attached hydrogens (tertiary/aromatic N) is 1. The third kappa shape index (κ3) is 2.85. The molecule has 2 N–H and O–H groups in total. The number of piperidine rings is 1. The fourth-order valence-corrected chi connectivity index (χ4v) is 3.85. The second-order valence-corrected chi connectivity index (χ2v) is 6.69. The number of carbonyl (C=O) groups excluding carboxylic acids is 1. The average molecular weight is 326 g/mol. The summed E-state index contributed by atoms with van der Waals surface area (Å²) in [4.78, 5) is 14.2. The number of benzene rings is 1. The van der Waals surface area contributed by atoms with E-state index in [1.807, 2.05) is 17.0 Å². The van der Waals surface area contributed by atoms with Crippen LogP contribution in [0.5, 0.6) is 0 Å².